The van der Waals surface area contributed by atoms with Crippen molar-refractivity contribution < 1.29 is 23.1 Å². The van der Waals surface area contributed by atoms with E-state index in [1.807, 2.05) is 0 Å². The predicted molar refractivity (Wildman–Crippen MR) is 72.1 cm³/mol. The number of carboxylic acids is 1. The van der Waals surface area contributed by atoms with E-state index in [9.17, 15) is 13.2 Å². The third kappa shape index (κ3) is 2.78. The monoisotopic (exact) mass is 299 g/mol. The number of hydrogen-bond donors (Lipinski definition) is 1. The largest absolute Gasteiger partial charge is 0.495 e. The third-order valence-electron chi connectivity index (χ3n) is 3.42. The molecular weight excluding hydrogens is 282 g/mol. The van der Waals surface area contributed by atoms with Crippen molar-refractivity contribution in [3.05, 3.63) is 24.3 Å². The fourth-order valence-corrected chi connectivity index (χ4v) is 4.01. The van der Waals surface area contributed by atoms with Gasteiger partial charge >= 0.3 is 5.97 Å². The average molecular weight is 299 g/mol. The highest BCUT2D eigenvalue weighted by Crippen LogP contribution is 2.29. The zero-order valence-corrected chi connectivity index (χ0v) is 12.0. The highest BCUT2D eigenvalue weighted by atomic mass is 32.2. The van der Waals surface area contributed by atoms with Gasteiger partial charge in [-0.25, -0.2) is 8.42 Å². The molecule has 1 N–H and O–H groups in total. The molecule has 1 aliphatic heterocycles. The van der Waals surface area contributed by atoms with E-state index >= 15 is 0 Å². The molecule has 110 valence electrons. The highest BCUT2D eigenvalue weighted by molar-refractivity contribution is 7.89. The first-order valence-corrected chi connectivity index (χ1v) is 7.77. The minimum atomic E-state index is -3.73. The summed E-state index contributed by atoms with van der Waals surface area (Å²) in [5.74, 6) is -1.33. The summed E-state index contributed by atoms with van der Waals surface area (Å²) in [6.45, 7) is 0.347. The van der Waals surface area contributed by atoms with Crippen molar-refractivity contribution in [1.29, 1.82) is 0 Å². The number of methoxy groups -OCH3 is 1. The Bertz CT molecular complexity index is 599. The Morgan fingerprint density at radius 2 is 2.10 bits per heavy atom. The molecule has 1 saturated heterocycles. The van der Waals surface area contributed by atoms with Gasteiger partial charge in [0.25, 0.3) is 0 Å². The molecule has 0 spiro atoms. The second kappa shape index (κ2) is 5.80. The normalized spacial score (nSPS) is 20.6. The maximum Gasteiger partial charge on any atom is 0.307 e. The summed E-state index contributed by atoms with van der Waals surface area (Å²) in [7, 11) is -2.32. The van der Waals surface area contributed by atoms with Gasteiger partial charge in [-0.3, -0.25) is 4.79 Å². The van der Waals surface area contributed by atoms with Crippen molar-refractivity contribution >= 4 is 16.0 Å². The highest BCUT2D eigenvalue weighted by Gasteiger charge is 2.34. The van der Waals surface area contributed by atoms with Crippen molar-refractivity contribution in [1.82, 2.24) is 4.31 Å². The Kier molecular flexibility index (Phi) is 4.29. The van der Waals surface area contributed by atoms with E-state index in [2.05, 4.69) is 0 Å². The van der Waals surface area contributed by atoms with Crippen LogP contribution in [0.5, 0.6) is 5.75 Å². The van der Waals surface area contributed by atoms with Crippen LogP contribution in [0.1, 0.15) is 12.8 Å². The van der Waals surface area contributed by atoms with Gasteiger partial charge in [-0.05, 0) is 25.0 Å². The standard InChI is InChI=1S/C13H17NO5S/c1-19-11-6-2-3-7-12(11)20(17,18)14-8-4-5-10(9-14)13(15)16/h2-3,6-7,10H,4-5,8-9H2,1H3,(H,15,16)/t10-/m1/s1. The maximum absolute atomic E-state index is 12.6. The number of benzene rings is 1. The van der Waals surface area contributed by atoms with Crippen molar-refractivity contribution in [2.75, 3.05) is 20.2 Å². The number of rotatable bonds is 4. The molecule has 1 aromatic rings. The molecule has 0 saturated carbocycles. The van der Waals surface area contributed by atoms with E-state index in [1.165, 1.54) is 17.5 Å². The number of hydrogen-bond acceptors (Lipinski definition) is 4. The molecule has 1 aliphatic rings. The van der Waals surface area contributed by atoms with Crippen LogP contribution in [-0.4, -0.2) is 44.0 Å². The molecule has 1 aromatic carbocycles. The zero-order chi connectivity index (χ0) is 14.8. The molecule has 1 heterocycles. The van der Waals surface area contributed by atoms with E-state index < -0.39 is 21.9 Å². The number of aliphatic carboxylic acids is 1. The van der Waals surface area contributed by atoms with Gasteiger partial charge in [0.1, 0.15) is 10.6 Å². The van der Waals surface area contributed by atoms with E-state index in [1.54, 1.807) is 18.2 Å². The molecule has 0 unspecified atom stereocenters. The van der Waals surface area contributed by atoms with Crippen LogP contribution in [0, 0.1) is 5.92 Å². The second-order valence-corrected chi connectivity index (χ2v) is 6.60. The number of sulfonamides is 1. The lowest BCUT2D eigenvalue weighted by atomic mass is 10.0. The van der Waals surface area contributed by atoms with Crippen LogP contribution in [0.3, 0.4) is 0 Å². The Morgan fingerprint density at radius 3 is 2.75 bits per heavy atom. The smallest absolute Gasteiger partial charge is 0.307 e. The Hall–Kier alpha value is -1.60. The van der Waals surface area contributed by atoms with E-state index in [-0.39, 0.29) is 17.2 Å². The predicted octanol–water partition coefficient (Wildman–Crippen LogP) is 1.18. The molecule has 6 nitrogen and oxygen atoms in total. The Labute approximate surface area is 118 Å². The molecule has 1 fully saturated rings. The van der Waals surface area contributed by atoms with Gasteiger partial charge in [0.05, 0.1) is 13.0 Å². The van der Waals surface area contributed by atoms with Gasteiger partial charge in [-0.2, -0.15) is 4.31 Å². The number of carboxylic acid groups (broad SMARTS) is 1. The first-order valence-electron chi connectivity index (χ1n) is 6.33. The van der Waals surface area contributed by atoms with Crippen LogP contribution in [0.4, 0.5) is 0 Å². The van der Waals surface area contributed by atoms with Gasteiger partial charge < -0.3 is 9.84 Å². The van der Waals surface area contributed by atoms with Gasteiger partial charge in [-0.1, -0.05) is 12.1 Å². The van der Waals surface area contributed by atoms with Gasteiger partial charge in [0.15, 0.2) is 0 Å². The van der Waals surface area contributed by atoms with Gasteiger partial charge in [0, 0.05) is 13.1 Å². The lowest BCUT2D eigenvalue weighted by Gasteiger charge is -2.30. The fourth-order valence-electron chi connectivity index (χ4n) is 2.33. The lowest BCUT2D eigenvalue weighted by Crippen LogP contribution is -2.42. The molecule has 7 heteroatoms. The van der Waals surface area contributed by atoms with Crippen LogP contribution >= 0.6 is 0 Å². The van der Waals surface area contributed by atoms with Crippen LogP contribution < -0.4 is 4.74 Å². The zero-order valence-electron chi connectivity index (χ0n) is 11.2. The quantitative estimate of drug-likeness (QED) is 0.902. The molecule has 1 atom stereocenters. The first-order chi connectivity index (χ1) is 9.46. The lowest BCUT2D eigenvalue weighted by molar-refractivity contribution is -0.142. The fraction of sp³-hybridized carbons (Fsp3) is 0.462. The molecular formula is C13H17NO5S. The topological polar surface area (TPSA) is 83.9 Å². The minimum Gasteiger partial charge on any atom is -0.495 e. The number of nitrogens with zero attached hydrogens (tertiary/aromatic N) is 1. The summed E-state index contributed by atoms with van der Waals surface area (Å²) >= 11 is 0. The Morgan fingerprint density at radius 1 is 1.40 bits per heavy atom. The minimum absolute atomic E-state index is 0.00964. The van der Waals surface area contributed by atoms with E-state index in [0.717, 1.165) is 0 Å². The summed E-state index contributed by atoms with van der Waals surface area (Å²) in [4.78, 5) is 11.1. The molecule has 2 rings (SSSR count). The van der Waals surface area contributed by atoms with Crippen molar-refractivity contribution in [2.24, 2.45) is 5.92 Å². The summed E-state index contributed by atoms with van der Waals surface area (Å²) in [5, 5.41) is 9.05. The molecule has 0 bridgehead atoms. The Balaban J connectivity index is 2.32. The molecule has 0 aromatic heterocycles. The maximum atomic E-state index is 12.6. The molecule has 0 aliphatic carbocycles. The summed E-state index contributed by atoms with van der Waals surface area (Å²) in [5.41, 5.74) is 0. The number of piperidine rings is 1. The summed E-state index contributed by atoms with van der Waals surface area (Å²) in [6.07, 6.45) is 1.05. The summed E-state index contributed by atoms with van der Waals surface area (Å²) < 4.78 is 31.5. The molecule has 0 amide bonds. The molecule has 0 radical (unpaired) electrons. The number of para-hydroxylation sites is 1. The van der Waals surface area contributed by atoms with Crippen LogP contribution in [-0.2, 0) is 14.8 Å². The number of carbonyl (C=O) groups is 1. The van der Waals surface area contributed by atoms with E-state index in [0.29, 0.717) is 19.4 Å². The van der Waals surface area contributed by atoms with Crippen LogP contribution in [0.25, 0.3) is 0 Å². The number of ether oxygens (including phenoxy) is 1. The van der Waals surface area contributed by atoms with Gasteiger partial charge in [-0.15, -0.1) is 0 Å². The second-order valence-electron chi connectivity index (χ2n) is 4.69. The SMILES string of the molecule is COc1ccccc1S(=O)(=O)N1CCC[C@@H](C(=O)O)C1. The van der Waals surface area contributed by atoms with E-state index in [4.69, 9.17) is 9.84 Å². The van der Waals surface area contributed by atoms with Crippen molar-refractivity contribution in [3.63, 3.8) is 0 Å². The van der Waals surface area contributed by atoms with Gasteiger partial charge in [0.2, 0.25) is 10.0 Å². The molecule has 20 heavy (non-hydrogen) atoms. The van der Waals surface area contributed by atoms with Crippen LogP contribution in [0.2, 0.25) is 0 Å². The van der Waals surface area contributed by atoms with Crippen LogP contribution in [0.15, 0.2) is 29.2 Å². The average Bonchev–Trinajstić information content (AvgIpc) is 2.47. The first kappa shape index (κ1) is 14.8. The summed E-state index contributed by atoms with van der Waals surface area (Å²) in [6, 6.07) is 6.35. The third-order valence-corrected chi connectivity index (χ3v) is 5.32. The van der Waals surface area contributed by atoms with Crippen molar-refractivity contribution in [2.45, 2.75) is 17.7 Å². The van der Waals surface area contributed by atoms with Crippen molar-refractivity contribution in [3.8, 4) is 5.75 Å².